The Kier molecular flexibility index (Phi) is 3.99. The van der Waals surface area contributed by atoms with E-state index in [1.807, 2.05) is 19.1 Å². The summed E-state index contributed by atoms with van der Waals surface area (Å²) in [6.45, 7) is 3.68. The molecule has 0 radical (unpaired) electrons. The Morgan fingerprint density at radius 2 is 1.65 bits per heavy atom. The molecular weight excluding hydrogens is 276 g/mol. The van der Waals surface area contributed by atoms with E-state index in [1.54, 1.807) is 31.2 Å². The van der Waals surface area contributed by atoms with Crippen molar-refractivity contribution in [2.24, 2.45) is 0 Å². The number of para-hydroxylation sites is 1. The van der Waals surface area contributed by atoms with E-state index in [9.17, 15) is 8.42 Å². The summed E-state index contributed by atoms with van der Waals surface area (Å²) < 4.78 is 35.0. The molecule has 0 aliphatic heterocycles. The van der Waals surface area contributed by atoms with Gasteiger partial charge in [-0.05, 0) is 43.2 Å². The molecule has 0 aromatic heterocycles. The smallest absolute Gasteiger partial charge is 0.342 e. The lowest BCUT2D eigenvalue weighted by Gasteiger charge is -2.12. The maximum absolute atomic E-state index is 12.3. The number of methoxy groups -OCH3 is 1. The van der Waals surface area contributed by atoms with Gasteiger partial charge in [-0.2, -0.15) is 8.42 Å². The second-order valence-corrected chi connectivity index (χ2v) is 5.97. The van der Waals surface area contributed by atoms with Gasteiger partial charge in [0.1, 0.15) is 16.4 Å². The first-order valence-corrected chi connectivity index (χ1v) is 7.49. The number of hydrogen-bond donors (Lipinski definition) is 0. The fourth-order valence-electron chi connectivity index (χ4n) is 1.79. The van der Waals surface area contributed by atoms with Gasteiger partial charge in [0, 0.05) is 0 Å². The molecule has 0 spiro atoms. The maximum atomic E-state index is 12.3. The van der Waals surface area contributed by atoms with Crippen molar-refractivity contribution in [1.82, 2.24) is 0 Å². The van der Waals surface area contributed by atoms with Crippen molar-refractivity contribution in [2.75, 3.05) is 7.11 Å². The Morgan fingerprint density at radius 3 is 2.35 bits per heavy atom. The van der Waals surface area contributed by atoms with Crippen molar-refractivity contribution in [1.29, 1.82) is 0 Å². The first-order valence-electron chi connectivity index (χ1n) is 6.09. The minimum absolute atomic E-state index is 0.0170. The van der Waals surface area contributed by atoms with Crippen molar-refractivity contribution in [2.45, 2.75) is 18.7 Å². The summed E-state index contributed by atoms with van der Waals surface area (Å²) in [7, 11) is -2.50. The van der Waals surface area contributed by atoms with Gasteiger partial charge >= 0.3 is 10.1 Å². The Balaban J connectivity index is 2.43. The fraction of sp³-hybridized carbons (Fsp3) is 0.200. The van der Waals surface area contributed by atoms with Crippen LogP contribution in [0, 0.1) is 13.8 Å². The number of ether oxygens (including phenoxy) is 1. The second-order valence-electron chi connectivity index (χ2n) is 4.46. The van der Waals surface area contributed by atoms with E-state index in [2.05, 4.69) is 0 Å². The van der Waals surface area contributed by atoms with Crippen molar-refractivity contribution >= 4 is 10.1 Å². The molecule has 0 atom stereocenters. The topological polar surface area (TPSA) is 52.6 Å². The molecule has 0 saturated heterocycles. The summed E-state index contributed by atoms with van der Waals surface area (Å²) in [5.74, 6) is 0.591. The molecule has 2 rings (SSSR count). The molecule has 0 N–H and O–H groups in total. The van der Waals surface area contributed by atoms with E-state index in [0.29, 0.717) is 5.75 Å². The molecule has 0 aliphatic rings. The number of benzene rings is 2. The van der Waals surface area contributed by atoms with Crippen LogP contribution in [0.4, 0.5) is 0 Å². The van der Waals surface area contributed by atoms with Crippen molar-refractivity contribution < 1.29 is 17.3 Å². The average molecular weight is 292 g/mol. The van der Waals surface area contributed by atoms with Crippen LogP contribution in [0.15, 0.2) is 47.4 Å². The van der Waals surface area contributed by atoms with Gasteiger partial charge in [-0.3, -0.25) is 0 Å². The van der Waals surface area contributed by atoms with Crippen LogP contribution >= 0.6 is 0 Å². The third kappa shape index (κ3) is 2.93. The van der Waals surface area contributed by atoms with Gasteiger partial charge < -0.3 is 8.92 Å². The molecule has 0 amide bonds. The van der Waals surface area contributed by atoms with E-state index in [0.717, 1.165) is 11.1 Å². The van der Waals surface area contributed by atoms with Gasteiger partial charge in [0.25, 0.3) is 0 Å². The van der Waals surface area contributed by atoms with E-state index >= 15 is 0 Å². The Hall–Kier alpha value is -2.01. The molecule has 2 aromatic carbocycles. The highest BCUT2D eigenvalue weighted by Gasteiger charge is 2.22. The zero-order valence-corrected chi connectivity index (χ0v) is 12.4. The van der Waals surface area contributed by atoms with Crippen LogP contribution in [0.25, 0.3) is 0 Å². The number of rotatable bonds is 4. The third-order valence-corrected chi connectivity index (χ3v) is 4.16. The van der Waals surface area contributed by atoms with Crippen LogP contribution < -0.4 is 8.92 Å². The van der Waals surface area contributed by atoms with Crippen molar-refractivity contribution in [3.8, 4) is 11.5 Å². The van der Waals surface area contributed by atoms with Crippen LogP contribution in [0.2, 0.25) is 0 Å². The summed E-state index contributed by atoms with van der Waals surface area (Å²) in [5, 5.41) is 0. The standard InChI is InChI=1S/C15H16O4S/c1-11-8-9-12(2)14(10-11)19-20(16,17)15-7-5-4-6-13(15)18-3/h4-10H,1-3H3. The first-order chi connectivity index (χ1) is 9.44. The zero-order chi connectivity index (χ0) is 14.8. The molecule has 20 heavy (non-hydrogen) atoms. The van der Waals surface area contributed by atoms with Gasteiger partial charge in [-0.1, -0.05) is 24.3 Å². The highest BCUT2D eigenvalue weighted by atomic mass is 32.2. The number of hydrogen-bond acceptors (Lipinski definition) is 4. The van der Waals surface area contributed by atoms with Gasteiger partial charge in [0.05, 0.1) is 7.11 Å². The lowest BCUT2D eigenvalue weighted by atomic mass is 10.1. The molecule has 0 fully saturated rings. The quantitative estimate of drug-likeness (QED) is 0.813. The monoisotopic (exact) mass is 292 g/mol. The Labute approximate surface area is 119 Å². The Morgan fingerprint density at radius 1 is 0.950 bits per heavy atom. The summed E-state index contributed by atoms with van der Waals surface area (Å²) >= 11 is 0. The largest absolute Gasteiger partial charge is 0.495 e. The molecule has 0 bridgehead atoms. The van der Waals surface area contributed by atoms with Gasteiger partial charge in [0.2, 0.25) is 0 Å². The lowest BCUT2D eigenvalue weighted by Crippen LogP contribution is -2.11. The highest BCUT2D eigenvalue weighted by molar-refractivity contribution is 7.87. The molecule has 106 valence electrons. The fourth-order valence-corrected chi connectivity index (χ4v) is 2.93. The molecule has 2 aromatic rings. The number of aryl methyl sites for hydroxylation is 2. The molecular formula is C15H16O4S. The summed E-state index contributed by atoms with van der Waals surface area (Å²) in [6, 6.07) is 11.8. The molecule has 0 aliphatic carbocycles. The van der Waals surface area contributed by atoms with Gasteiger partial charge in [-0.15, -0.1) is 0 Å². The van der Waals surface area contributed by atoms with Gasteiger partial charge in [0.15, 0.2) is 0 Å². The molecule has 4 nitrogen and oxygen atoms in total. The summed E-state index contributed by atoms with van der Waals surface area (Å²) in [5.41, 5.74) is 1.69. The van der Waals surface area contributed by atoms with Crippen molar-refractivity contribution in [3.63, 3.8) is 0 Å². The predicted octanol–water partition coefficient (Wildman–Crippen LogP) is 3.08. The van der Waals surface area contributed by atoms with E-state index in [-0.39, 0.29) is 10.6 Å². The summed E-state index contributed by atoms with van der Waals surface area (Å²) in [6.07, 6.45) is 0. The molecule has 0 heterocycles. The normalized spacial score (nSPS) is 11.2. The third-order valence-electron chi connectivity index (χ3n) is 2.88. The first kappa shape index (κ1) is 14.4. The van der Waals surface area contributed by atoms with Gasteiger partial charge in [-0.25, -0.2) is 0 Å². The predicted molar refractivity (Wildman–Crippen MR) is 76.7 cm³/mol. The van der Waals surface area contributed by atoms with Crippen molar-refractivity contribution in [3.05, 3.63) is 53.6 Å². The van der Waals surface area contributed by atoms with Crippen LogP contribution in [-0.2, 0) is 10.1 Å². The molecule has 0 unspecified atom stereocenters. The molecule has 5 heteroatoms. The maximum Gasteiger partial charge on any atom is 0.342 e. The van der Waals surface area contributed by atoms with Crippen LogP contribution in [0.1, 0.15) is 11.1 Å². The highest BCUT2D eigenvalue weighted by Crippen LogP contribution is 2.28. The van der Waals surface area contributed by atoms with E-state index in [1.165, 1.54) is 13.2 Å². The average Bonchev–Trinajstić information content (AvgIpc) is 2.42. The van der Waals surface area contributed by atoms with E-state index in [4.69, 9.17) is 8.92 Å². The van der Waals surface area contributed by atoms with Crippen LogP contribution in [0.3, 0.4) is 0 Å². The minimum atomic E-state index is -3.92. The lowest BCUT2D eigenvalue weighted by molar-refractivity contribution is 0.398. The van der Waals surface area contributed by atoms with E-state index < -0.39 is 10.1 Å². The SMILES string of the molecule is COc1ccccc1S(=O)(=O)Oc1cc(C)ccc1C. The second kappa shape index (κ2) is 5.54. The summed E-state index contributed by atoms with van der Waals surface area (Å²) in [4.78, 5) is 0.0170. The molecule has 0 saturated carbocycles. The Bertz CT molecular complexity index is 720. The minimum Gasteiger partial charge on any atom is -0.495 e. The zero-order valence-electron chi connectivity index (χ0n) is 11.6. The van der Waals surface area contributed by atoms with Crippen LogP contribution in [-0.4, -0.2) is 15.5 Å². The van der Waals surface area contributed by atoms with Crippen LogP contribution in [0.5, 0.6) is 11.5 Å².